The highest BCUT2D eigenvalue weighted by atomic mass is 16.5. The third-order valence-electron chi connectivity index (χ3n) is 5.09. The Labute approximate surface area is 152 Å². The molecular formula is C19H23N5O2. The molecule has 1 fully saturated rings. The molecule has 3 heterocycles. The molecule has 2 unspecified atom stereocenters. The van der Waals surface area contributed by atoms with Crippen LogP contribution in [0.4, 0.5) is 0 Å². The van der Waals surface area contributed by atoms with Crippen LogP contribution in [0.2, 0.25) is 0 Å². The molecule has 0 saturated carbocycles. The zero-order valence-corrected chi connectivity index (χ0v) is 15.1. The first-order valence-corrected chi connectivity index (χ1v) is 9.02. The third kappa shape index (κ3) is 3.44. The molecule has 136 valence electrons. The number of amides is 1. The van der Waals surface area contributed by atoms with E-state index in [4.69, 9.17) is 9.72 Å². The molecule has 0 radical (unpaired) electrons. The van der Waals surface area contributed by atoms with Crippen molar-refractivity contribution in [1.29, 1.82) is 0 Å². The van der Waals surface area contributed by atoms with Crippen LogP contribution in [0.25, 0.3) is 11.5 Å². The van der Waals surface area contributed by atoms with Crippen molar-refractivity contribution in [3.8, 4) is 11.5 Å². The number of rotatable bonds is 3. The summed E-state index contributed by atoms with van der Waals surface area (Å²) in [6.07, 6.45) is 9.26. The van der Waals surface area contributed by atoms with Gasteiger partial charge in [-0.25, -0.2) is 15.0 Å². The summed E-state index contributed by atoms with van der Waals surface area (Å²) in [5, 5.41) is 3.20. The summed E-state index contributed by atoms with van der Waals surface area (Å²) < 4.78 is 5.34. The van der Waals surface area contributed by atoms with Gasteiger partial charge in [0.25, 0.3) is 0 Å². The topological polar surface area (TPSA) is 89.9 Å². The zero-order chi connectivity index (χ0) is 18.1. The minimum atomic E-state index is -0.0715. The second-order valence-electron chi connectivity index (χ2n) is 7.85. The molecule has 7 nitrogen and oxygen atoms in total. The maximum atomic E-state index is 12.6. The predicted molar refractivity (Wildman–Crippen MR) is 95.0 cm³/mol. The lowest BCUT2D eigenvalue weighted by molar-refractivity contribution is -0.126. The van der Waals surface area contributed by atoms with Crippen molar-refractivity contribution in [3.63, 3.8) is 0 Å². The van der Waals surface area contributed by atoms with E-state index in [1.165, 1.54) is 0 Å². The lowest BCUT2D eigenvalue weighted by Crippen LogP contribution is -2.40. The van der Waals surface area contributed by atoms with Gasteiger partial charge < -0.3 is 10.1 Å². The smallest absolute Gasteiger partial charge is 0.226 e. The van der Waals surface area contributed by atoms with Crippen molar-refractivity contribution in [2.45, 2.75) is 39.2 Å². The molecule has 2 aromatic rings. The summed E-state index contributed by atoms with van der Waals surface area (Å²) in [5.41, 5.74) is 2.68. The Morgan fingerprint density at radius 3 is 2.88 bits per heavy atom. The van der Waals surface area contributed by atoms with Crippen molar-refractivity contribution < 1.29 is 9.53 Å². The van der Waals surface area contributed by atoms with E-state index in [-0.39, 0.29) is 23.3 Å². The van der Waals surface area contributed by atoms with E-state index in [1.807, 2.05) is 6.20 Å². The van der Waals surface area contributed by atoms with Gasteiger partial charge in [-0.1, -0.05) is 13.8 Å². The van der Waals surface area contributed by atoms with Crippen molar-refractivity contribution in [2.75, 3.05) is 13.2 Å². The molecular weight excluding hydrogens is 330 g/mol. The quantitative estimate of drug-likeness (QED) is 0.909. The van der Waals surface area contributed by atoms with Gasteiger partial charge in [0, 0.05) is 30.8 Å². The van der Waals surface area contributed by atoms with Gasteiger partial charge in [0.2, 0.25) is 5.91 Å². The van der Waals surface area contributed by atoms with Gasteiger partial charge in [-0.15, -0.1) is 0 Å². The number of nitrogens with one attached hydrogen (secondary N) is 1. The first kappa shape index (κ1) is 17.0. The fraction of sp³-hybridized carbons (Fsp3) is 0.526. The van der Waals surface area contributed by atoms with Gasteiger partial charge in [0.1, 0.15) is 5.69 Å². The first-order chi connectivity index (χ1) is 12.5. The molecule has 1 saturated heterocycles. The van der Waals surface area contributed by atoms with E-state index in [1.54, 1.807) is 18.6 Å². The van der Waals surface area contributed by atoms with Crippen LogP contribution in [0.5, 0.6) is 0 Å². The average Bonchev–Trinajstić information content (AvgIpc) is 3.16. The van der Waals surface area contributed by atoms with Gasteiger partial charge >= 0.3 is 0 Å². The maximum Gasteiger partial charge on any atom is 0.226 e. The van der Waals surface area contributed by atoms with Crippen molar-refractivity contribution in [1.82, 2.24) is 25.3 Å². The Kier molecular flexibility index (Phi) is 4.40. The normalized spacial score (nSPS) is 24.1. The Hall–Kier alpha value is -2.41. The average molecular weight is 353 g/mol. The minimum absolute atomic E-state index is 0.0467. The molecule has 1 amide bonds. The van der Waals surface area contributed by atoms with Crippen LogP contribution in [0, 0.1) is 11.3 Å². The van der Waals surface area contributed by atoms with Gasteiger partial charge in [-0.05, 0) is 24.7 Å². The largest absolute Gasteiger partial charge is 0.381 e. The Bertz CT molecular complexity index is 803. The second-order valence-corrected chi connectivity index (χ2v) is 7.85. The number of aromatic nitrogens is 4. The number of fused-ring (bicyclic) bond motifs is 1. The lowest BCUT2D eigenvalue weighted by Gasteiger charge is -2.36. The van der Waals surface area contributed by atoms with Gasteiger partial charge in [0.15, 0.2) is 5.82 Å². The third-order valence-corrected chi connectivity index (χ3v) is 5.09. The number of hydrogen-bond donors (Lipinski definition) is 1. The van der Waals surface area contributed by atoms with Crippen LogP contribution in [0.1, 0.15) is 44.0 Å². The number of nitrogens with zero attached hydrogens (tertiary/aromatic N) is 4. The molecule has 7 heteroatoms. The van der Waals surface area contributed by atoms with E-state index in [0.717, 1.165) is 30.5 Å². The molecule has 2 aromatic heterocycles. The fourth-order valence-corrected chi connectivity index (χ4v) is 3.74. The highest BCUT2D eigenvalue weighted by Gasteiger charge is 2.36. The summed E-state index contributed by atoms with van der Waals surface area (Å²) in [6.45, 7) is 5.59. The molecule has 2 aliphatic rings. The number of ether oxygens (including phenoxy) is 1. The van der Waals surface area contributed by atoms with Crippen LogP contribution in [-0.2, 0) is 16.0 Å². The Balaban J connectivity index is 1.63. The van der Waals surface area contributed by atoms with E-state index < -0.39 is 0 Å². The predicted octanol–water partition coefficient (Wildman–Crippen LogP) is 2.10. The molecule has 4 rings (SSSR count). The van der Waals surface area contributed by atoms with Crippen LogP contribution >= 0.6 is 0 Å². The molecule has 0 spiro atoms. The van der Waals surface area contributed by atoms with Crippen LogP contribution in [-0.4, -0.2) is 39.1 Å². The monoisotopic (exact) mass is 353 g/mol. The van der Waals surface area contributed by atoms with Gasteiger partial charge in [-0.2, -0.15) is 0 Å². The van der Waals surface area contributed by atoms with Crippen molar-refractivity contribution in [2.24, 2.45) is 11.3 Å². The number of carbonyl (C=O) groups excluding carboxylic acids is 1. The van der Waals surface area contributed by atoms with Crippen molar-refractivity contribution in [3.05, 3.63) is 36.0 Å². The summed E-state index contributed by atoms with van der Waals surface area (Å²) in [4.78, 5) is 30.2. The minimum Gasteiger partial charge on any atom is -0.381 e. The van der Waals surface area contributed by atoms with Crippen LogP contribution < -0.4 is 5.32 Å². The zero-order valence-electron chi connectivity index (χ0n) is 15.1. The molecule has 1 aliphatic heterocycles. The van der Waals surface area contributed by atoms with E-state index in [9.17, 15) is 4.79 Å². The maximum absolute atomic E-state index is 12.6. The van der Waals surface area contributed by atoms with E-state index in [0.29, 0.717) is 24.7 Å². The highest BCUT2D eigenvalue weighted by molar-refractivity contribution is 5.79. The summed E-state index contributed by atoms with van der Waals surface area (Å²) >= 11 is 0. The van der Waals surface area contributed by atoms with E-state index >= 15 is 0 Å². The fourth-order valence-electron chi connectivity index (χ4n) is 3.74. The summed E-state index contributed by atoms with van der Waals surface area (Å²) in [7, 11) is 0. The molecule has 1 aliphatic carbocycles. The standard InChI is InChI=1S/C19H23N5O2/c1-19(2)7-14-13(9-22-17(23-14)16-10-20-4-5-21-16)15(8-19)24-18(25)12-3-6-26-11-12/h4-5,9-10,12,15H,3,6-8,11H2,1-2H3,(H,24,25). The van der Waals surface area contributed by atoms with Crippen LogP contribution in [0.15, 0.2) is 24.8 Å². The molecule has 1 N–H and O–H groups in total. The molecule has 0 bridgehead atoms. The summed E-state index contributed by atoms with van der Waals surface area (Å²) in [6, 6.07) is -0.0715. The highest BCUT2D eigenvalue weighted by Crippen LogP contribution is 2.40. The van der Waals surface area contributed by atoms with E-state index in [2.05, 4.69) is 34.1 Å². The van der Waals surface area contributed by atoms with Crippen LogP contribution in [0.3, 0.4) is 0 Å². The molecule has 26 heavy (non-hydrogen) atoms. The summed E-state index contributed by atoms with van der Waals surface area (Å²) in [5.74, 6) is 0.584. The first-order valence-electron chi connectivity index (χ1n) is 9.02. The Morgan fingerprint density at radius 2 is 2.15 bits per heavy atom. The second kappa shape index (κ2) is 6.72. The molecule has 2 atom stereocenters. The Morgan fingerprint density at radius 1 is 1.27 bits per heavy atom. The number of carbonyl (C=O) groups is 1. The molecule has 0 aromatic carbocycles. The number of hydrogen-bond acceptors (Lipinski definition) is 6. The lowest BCUT2D eigenvalue weighted by atomic mass is 9.74. The van der Waals surface area contributed by atoms with Gasteiger partial charge in [-0.3, -0.25) is 9.78 Å². The van der Waals surface area contributed by atoms with Crippen molar-refractivity contribution >= 4 is 5.91 Å². The SMILES string of the molecule is CC1(C)Cc2nc(-c3cnccn3)ncc2C(NC(=O)C2CCOC2)C1. The van der Waals surface area contributed by atoms with Gasteiger partial charge in [0.05, 0.1) is 30.5 Å².